The number of carbonyl (C=O) groups excluding carboxylic acids is 2. The Morgan fingerprint density at radius 3 is 2.41 bits per heavy atom. The number of hydrogen-bond acceptors (Lipinski definition) is 5. The minimum absolute atomic E-state index is 0.0522. The van der Waals surface area contributed by atoms with Gasteiger partial charge in [-0.3, -0.25) is 14.9 Å². The maximum atomic E-state index is 12.4. The van der Waals surface area contributed by atoms with Crippen LogP contribution in [0.4, 0.5) is 27.5 Å². The van der Waals surface area contributed by atoms with E-state index in [-0.39, 0.29) is 17.6 Å². The van der Waals surface area contributed by atoms with E-state index in [0.29, 0.717) is 29.2 Å². The molecule has 29 heavy (non-hydrogen) atoms. The second-order valence-electron chi connectivity index (χ2n) is 6.26. The first-order valence-electron chi connectivity index (χ1n) is 8.89. The van der Waals surface area contributed by atoms with Crippen molar-refractivity contribution in [3.63, 3.8) is 0 Å². The molecule has 0 bridgehead atoms. The summed E-state index contributed by atoms with van der Waals surface area (Å²) in [5, 5.41) is 22.1. The van der Waals surface area contributed by atoms with Crippen LogP contribution in [0.3, 0.4) is 0 Å². The van der Waals surface area contributed by atoms with Crippen LogP contribution in [-0.2, 0) is 4.79 Å². The van der Waals surface area contributed by atoms with E-state index in [1.54, 1.807) is 50.3 Å². The van der Waals surface area contributed by atoms with Crippen LogP contribution in [0.15, 0.2) is 55.1 Å². The van der Waals surface area contributed by atoms with Crippen LogP contribution in [-0.4, -0.2) is 29.4 Å². The number of nitrogens with one attached hydrogen (secondary N) is 4. The van der Waals surface area contributed by atoms with Crippen LogP contribution in [0.25, 0.3) is 0 Å². The van der Waals surface area contributed by atoms with Crippen molar-refractivity contribution in [2.24, 2.45) is 0 Å². The largest absolute Gasteiger partial charge is 0.374 e. The summed E-state index contributed by atoms with van der Waals surface area (Å²) >= 11 is 0. The Morgan fingerprint density at radius 1 is 1.14 bits per heavy atom. The molecule has 1 atom stereocenters. The molecule has 2 aromatic carbocycles. The van der Waals surface area contributed by atoms with Gasteiger partial charge >= 0.3 is 6.03 Å². The number of hydrogen-bond donors (Lipinski definition) is 4. The Bertz CT molecular complexity index is 912. The molecule has 2 rings (SSSR count). The van der Waals surface area contributed by atoms with E-state index in [2.05, 4.69) is 27.8 Å². The van der Waals surface area contributed by atoms with Gasteiger partial charge in [0.2, 0.25) is 5.91 Å². The maximum Gasteiger partial charge on any atom is 0.319 e. The summed E-state index contributed by atoms with van der Waals surface area (Å²) in [5.41, 5.74) is 2.01. The van der Waals surface area contributed by atoms with Crippen molar-refractivity contribution in [2.75, 3.05) is 22.5 Å². The predicted octanol–water partition coefficient (Wildman–Crippen LogP) is 3.65. The Kier molecular flexibility index (Phi) is 7.30. The summed E-state index contributed by atoms with van der Waals surface area (Å²) in [6.45, 7) is 7.15. The molecule has 0 spiro atoms. The summed E-state index contributed by atoms with van der Waals surface area (Å²) in [4.78, 5) is 34.6. The highest BCUT2D eigenvalue weighted by atomic mass is 16.6. The molecule has 1 unspecified atom stereocenters. The van der Waals surface area contributed by atoms with Crippen LogP contribution in [0.1, 0.15) is 12.5 Å². The monoisotopic (exact) mass is 397 g/mol. The number of amides is 3. The highest BCUT2D eigenvalue weighted by Crippen LogP contribution is 2.25. The molecule has 9 heteroatoms. The lowest BCUT2D eigenvalue weighted by molar-refractivity contribution is -0.385. The quantitative estimate of drug-likeness (QED) is 0.307. The van der Waals surface area contributed by atoms with Gasteiger partial charge in [0.1, 0.15) is 6.04 Å². The van der Waals surface area contributed by atoms with Crippen LogP contribution in [0.5, 0.6) is 0 Å². The molecule has 0 heterocycles. The lowest BCUT2D eigenvalue weighted by atomic mass is 10.1. The number of nitro groups is 1. The third-order valence-electron chi connectivity index (χ3n) is 4.09. The lowest BCUT2D eigenvalue weighted by Gasteiger charge is -2.16. The van der Waals surface area contributed by atoms with E-state index < -0.39 is 11.0 Å². The van der Waals surface area contributed by atoms with E-state index in [0.717, 1.165) is 0 Å². The van der Waals surface area contributed by atoms with E-state index in [1.165, 1.54) is 12.1 Å². The molecule has 0 aliphatic heterocycles. The minimum atomic E-state index is -0.594. The van der Waals surface area contributed by atoms with Gasteiger partial charge in [0, 0.05) is 24.0 Å². The number of carbonyl (C=O) groups is 2. The Balaban J connectivity index is 1.96. The molecule has 0 fully saturated rings. The Labute approximate surface area is 168 Å². The number of nitro benzene ring substituents is 1. The third kappa shape index (κ3) is 6.06. The van der Waals surface area contributed by atoms with Crippen molar-refractivity contribution in [2.45, 2.75) is 19.9 Å². The molecular formula is C20H23N5O4. The van der Waals surface area contributed by atoms with Crippen molar-refractivity contribution < 1.29 is 14.5 Å². The van der Waals surface area contributed by atoms with Crippen molar-refractivity contribution in [1.29, 1.82) is 0 Å². The van der Waals surface area contributed by atoms with Crippen molar-refractivity contribution in [3.05, 3.63) is 70.8 Å². The van der Waals surface area contributed by atoms with E-state index in [9.17, 15) is 19.7 Å². The van der Waals surface area contributed by atoms with Crippen LogP contribution >= 0.6 is 0 Å². The third-order valence-corrected chi connectivity index (χ3v) is 4.09. The molecule has 0 aromatic heterocycles. The highest BCUT2D eigenvalue weighted by Gasteiger charge is 2.18. The number of benzene rings is 2. The van der Waals surface area contributed by atoms with Gasteiger partial charge in [0.15, 0.2) is 0 Å². The molecule has 0 radical (unpaired) electrons. The average molecular weight is 397 g/mol. The summed E-state index contributed by atoms with van der Waals surface area (Å²) in [6.07, 6.45) is 1.58. The van der Waals surface area contributed by atoms with Gasteiger partial charge < -0.3 is 21.3 Å². The summed E-state index contributed by atoms with van der Waals surface area (Å²) in [7, 11) is 0. The van der Waals surface area contributed by atoms with E-state index >= 15 is 0 Å². The van der Waals surface area contributed by atoms with Crippen molar-refractivity contribution >= 4 is 34.7 Å². The minimum Gasteiger partial charge on any atom is -0.374 e. The lowest BCUT2D eigenvalue weighted by Crippen LogP contribution is -2.32. The van der Waals surface area contributed by atoms with Gasteiger partial charge in [-0.1, -0.05) is 12.1 Å². The van der Waals surface area contributed by atoms with Gasteiger partial charge in [-0.2, -0.15) is 0 Å². The molecule has 0 saturated heterocycles. The fourth-order valence-corrected chi connectivity index (χ4v) is 2.50. The van der Waals surface area contributed by atoms with E-state index in [4.69, 9.17) is 0 Å². The Morgan fingerprint density at radius 2 is 1.79 bits per heavy atom. The van der Waals surface area contributed by atoms with Gasteiger partial charge in [0.05, 0.1) is 16.2 Å². The van der Waals surface area contributed by atoms with Crippen molar-refractivity contribution in [3.8, 4) is 0 Å². The zero-order chi connectivity index (χ0) is 21.4. The smallest absolute Gasteiger partial charge is 0.319 e. The van der Waals surface area contributed by atoms with Crippen molar-refractivity contribution in [1.82, 2.24) is 5.32 Å². The molecular weight excluding hydrogens is 374 g/mol. The summed E-state index contributed by atoms with van der Waals surface area (Å²) < 4.78 is 0. The first-order chi connectivity index (χ1) is 13.8. The highest BCUT2D eigenvalue weighted by molar-refractivity contribution is 5.97. The second kappa shape index (κ2) is 9.88. The standard InChI is InChI=1S/C20H23N5O4/c1-4-12-21-20(27)23-16-10-8-15(9-11-16)22-14(3)19(26)24-17-6-5-7-18(13(17)2)25(28)29/h4-11,14,22H,1,12H2,2-3H3,(H,24,26)(H2,21,23,27). The van der Waals surface area contributed by atoms with Gasteiger partial charge in [0.25, 0.3) is 5.69 Å². The molecule has 3 amide bonds. The number of nitrogens with zero attached hydrogens (tertiary/aromatic N) is 1. The molecule has 0 aliphatic rings. The fraction of sp³-hybridized carbons (Fsp3) is 0.200. The van der Waals surface area contributed by atoms with Gasteiger partial charge in [-0.25, -0.2) is 4.79 Å². The molecule has 4 N–H and O–H groups in total. The van der Waals surface area contributed by atoms with Crippen LogP contribution < -0.4 is 21.3 Å². The van der Waals surface area contributed by atoms with Gasteiger partial charge in [-0.05, 0) is 44.2 Å². The van der Waals surface area contributed by atoms with Crippen LogP contribution in [0.2, 0.25) is 0 Å². The number of anilines is 3. The molecule has 152 valence electrons. The Hall–Kier alpha value is -3.88. The van der Waals surface area contributed by atoms with Crippen LogP contribution in [0, 0.1) is 17.0 Å². The zero-order valence-electron chi connectivity index (χ0n) is 16.2. The normalized spacial score (nSPS) is 11.1. The topological polar surface area (TPSA) is 125 Å². The summed E-state index contributed by atoms with van der Waals surface area (Å²) in [5.74, 6) is -0.334. The second-order valence-corrected chi connectivity index (χ2v) is 6.26. The molecule has 2 aromatic rings. The first-order valence-corrected chi connectivity index (χ1v) is 8.89. The predicted molar refractivity (Wildman–Crippen MR) is 113 cm³/mol. The molecule has 0 saturated carbocycles. The molecule has 9 nitrogen and oxygen atoms in total. The average Bonchev–Trinajstić information content (AvgIpc) is 2.69. The fourth-order valence-electron chi connectivity index (χ4n) is 2.50. The van der Waals surface area contributed by atoms with Gasteiger partial charge in [-0.15, -0.1) is 6.58 Å². The number of rotatable bonds is 8. The van der Waals surface area contributed by atoms with E-state index in [1.807, 2.05) is 0 Å². The SMILES string of the molecule is C=CCNC(=O)Nc1ccc(NC(C)C(=O)Nc2cccc([N+](=O)[O-])c2C)cc1. The first kappa shape index (κ1) is 21.4. The summed E-state index contributed by atoms with van der Waals surface area (Å²) in [6, 6.07) is 10.4. The number of urea groups is 1. The molecule has 0 aliphatic carbocycles. The zero-order valence-corrected chi connectivity index (χ0v) is 16.2. The maximum absolute atomic E-state index is 12.4.